The minimum absolute atomic E-state index is 0.105. The van der Waals surface area contributed by atoms with E-state index in [4.69, 9.17) is 0 Å². The number of nitrogens with zero attached hydrogens (tertiary/aromatic N) is 1. The van der Waals surface area contributed by atoms with E-state index in [2.05, 4.69) is 5.32 Å². The molecule has 1 unspecified atom stereocenters. The number of benzene rings is 1. The van der Waals surface area contributed by atoms with Gasteiger partial charge in [-0.25, -0.2) is 8.42 Å². The minimum Gasteiger partial charge on any atom is -0.310 e. The Balaban J connectivity index is 1.86. The van der Waals surface area contributed by atoms with Crippen molar-refractivity contribution in [3.8, 4) is 0 Å². The lowest BCUT2D eigenvalue weighted by Gasteiger charge is -2.32. The second-order valence-corrected chi connectivity index (χ2v) is 8.08. The molecule has 116 valence electrons. The Labute approximate surface area is 127 Å². The highest BCUT2D eigenvalue weighted by Crippen LogP contribution is 2.27. The van der Waals surface area contributed by atoms with E-state index < -0.39 is 10.0 Å². The predicted molar refractivity (Wildman–Crippen MR) is 83.5 cm³/mol. The summed E-state index contributed by atoms with van der Waals surface area (Å²) in [5.41, 5.74) is 0.891. The molecule has 0 bridgehead atoms. The second kappa shape index (κ2) is 6.07. The third-order valence-electron chi connectivity index (χ3n) is 4.46. The van der Waals surface area contributed by atoms with Crippen molar-refractivity contribution in [1.82, 2.24) is 9.62 Å². The van der Waals surface area contributed by atoms with Crippen molar-refractivity contribution < 1.29 is 8.42 Å². The topological polar surface area (TPSA) is 49.4 Å². The van der Waals surface area contributed by atoms with Crippen molar-refractivity contribution in [2.24, 2.45) is 0 Å². The molecule has 1 N–H and O–H groups in total. The molecule has 1 saturated carbocycles. The third-order valence-corrected chi connectivity index (χ3v) is 6.57. The molecule has 4 nitrogen and oxygen atoms in total. The summed E-state index contributed by atoms with van der Waals surface area (Å²) in [6, 6.07) is 8.10. The summed E-state index contributed by atoms with van der Waals surface area (Å²) in [6.07, 6.45) is 5.46. The largest absolute Gasteiger partial charge is 0.310 e. The van der Waals surface area contributed by atoms with Gasteiger partial charge in [-0.1, -0.05) is 24.6 Å². The van der Waals surface area contributed by atoms with E-state index in [1.165, 1.54) is 12.8 Å². The van der Waals surface area contributed by atoms with Crippen LogP contribution in [0.15, 0.2) is 29.2 Å². The fourth-order valence-electron chi connectivity index (χ4n) is 3.00. The first-order valence-electron chi connectivity index (χ1n) is 7.92. The van der Waals surface area contributed by atoms with E-state index in [0.717, 1.165) is 24.8 Å². The van der Waals surface area contributed by atoms with Gasteiger partial charge in [0.25, 0.3) is 0 Å². The molecule has 1 atom stereocenters. The van der Waals surface area contributed by atoms with Crippen molar-refractivity contribution in [2.45, 2.75) is 62.6 Å². The van der Waals surface area contributed by atoms with E-state index in [1.807, 2.05) is 25.1 Å². The van der Waals surface area contributed by atoms with Crippen LogP contribution in [0.3, 0.4) is 0 Å². The zero-order valence-corrected chi connectivity index (χ0v) is 13.4. The normalized spacial score (nSPS) is 24.1. The lowest BCUT2D eigenvalue weighted by Crippen LogP contribution is -2.42. The van der Waals surface area contributed by atoms with Crippen molar-refractivity contribution in [3.05, 3.63) is 29.8 Å². The van der Waals surface area contributed by atoms with Gasteiger partial charge in [0.2, 0.25) is 10.0 Å². The van der Waals surface area contributed by atoms with Crippen LogP contribution in [-0.4, -0.2) is 31.4 Å². The fourth-order valence-corrected chi connectivity index (χ4v) is 4.92. The molecule has 0 radical (unpaired) electrons. The molecular weight excluding hydrogens is 284 g/mol. The summed E-state index contributed by atoms with van der Waals surface area (Å²) in [5.74, 6) is 0. The molecule has 1 aromatic carbocycles. The first-order valence-corrected chi connectivity index (χ1v) is 9.36. The highest BCUT2D eigenvalue weighted by molar-refractivity contribution is 7.89. The molecule has 3 rings (SSSR count). The smallest absolute Gasteiger partial charge is 0.243 e. The monoisotopic (exact) mass is 308 g/mol. The van der Waals surface area contributed by atoms with E-state index in [0.29, 0.717) is 24.0 Å². The van der Waals surface area contributed by atoms with Gasteiger partial charge in [0.05, 0.1) is 4.90 Å². The van der Waals surface area contributed by atoms with Gasteiger partial charge in [0, 0.05) is 25.2 Å². The van der Waals surface area contributed by atoms with Gasteiger partial charge < -0.3 is 5.32 Å². The molecule has 1 saturated heterocycles. The molecule has 1 aliphatic carbocycles. The van der Waals surface area contributed by atoms with Gasteiger partial charge in [0.15, 0.2) is 0 Å². The molecule has 1 heterocycles. The van der Waals surface area contributed by atoms with Crippen LogP contribution in [0.5, 0.6) is 0 Å². The summed E-state index contributed by atoms with van der Waals surface area (Å²) in [6.45, 7) is 3.30. The molecule has 5 heteroatoms. The number of hydrogen-bond donors (Lipinski definition) is 1. The molecule has 2 fully saturated rings. The summed E-state index contributed by atoms with van der Waals surface area (Å²) in [4.78, 5) is 0.479. The van der Waals surface area contributed by atoms with Crippen molar-refractivity contribution >= 4 is 10.0 Å². The fraction of sp³-hybridized carbons (Fsp3) is 0.625. The van der Waals surface area contributed by atoms with Crippen LogP contribution >= 0.6 is 0 Å². The molecule has 0 aromatic heterocycles. The molecule has 2 aliphatic rings. The van der Waals surface area contributed by atoms with E-state index in [9.17, 15) is 8.42 Å². The van der Waals surface area contributed by atoms with Crippen molar-refractivity contribution in [2.75, 3.05) is 6.54 Å². The van der Waals surface area contributed by atoms with Crippen molar-refractivity contribution in [3.63, 3.8) is 0 Å². The molecule has 0 spiro atoms. The lowest BCUT2D eigenvalue weighted by molar-refractivity contribution is 0.268. The van der Waals surface area contributed by atoms with Crippen LogP contribution in [0.4, 0.5) is 0 Å². The quantitative estimate of drug-likeness (QED) is 0.909. The molecule has 21 heavy (non-hydrogen) atoms. The van der Waals surface area contributed by atoms with Crippen molar-refractivity contribution in [1.29, 1.82) is 0 Å². The van der Waals surface area contributed by atoms with Gasteiger partial charge in [-0.05, 0) is 44.2 Å². The number of rotatable bonds is 5. The average Bonchev–Trinajstić information content (AvgIpc) is 3.30. The number of hydrogen-bond acceptors (Lipinski definition) is 3. The van der Waals surface area contributed by atoms with Gasteiger partial charge >= 0.3 is 0 Å². The van der Waals surface area contributed by atoms with E-state index in [-0.39, 0.29) is 6.04 Å². The summed E-state index contributed by atoms with van der Waals surface area (Å²) >= 11 is 0. The second-order valence-electron chi connectivity index (χ2n) is 6.22. The SMILES string of the molecule is CC1CCCCN1S(=O)(=O)c1ccccc1CNC1CC1. The zero-order chi connectivity index (χ0) is 14.9. The minimum atomic E-state index is -3.38. The Kier molecular flexibility index (Phi) is 4.33. The first kappa shape index (κ1) is 15.0. The summed E-state index contributed by atoms with van der Waals surface area (Å²) in [5, 5.41) is 3.42. The Bertz CT molecular complexity index is 596. The van der Waals surface area contributed by atoms with Crippen LogP contribution in [-0.2, 0) is 16.6 Å². The number of piperidine rings is 1. The Hall–Kier alpha value is -0.910. The zero-order valence-electron chi connectivity index (χ0n) is 12.6. The molecule has 1 aliphatic heterocycles. The van der Waals surface area contributed by atoms with E-state index in [1.54, 1.807) is 10.4 Å². The van der Waals surface area contributed by atoms with Crippen LogP contribution in [0, 0.1) is 0 Å². The number of sulfonamides is 1. The molecular formula is C16H24N2O2S. The van der Waals surface area contributed by atoms with Crippen LogP contribution in [0.1, 0.15) is 44.6 Å². The first-order chi connectivity index (χ1) is 10.1. The lowest BCUT2D eigenvalue weighted by atomic mass is 10.1. The van der Waals surface area contributed by atoms with Gasteiger partial charge in [-0.3, -0.25) is 0 Å². The standard InChI is InChI=1S/C16H24N2O2S/c1-13-6-4-5-11-18(13)21(19,20)16-8-3-2-7-14(16)12-17-15-9-10-15/h2-3,7-8,13,15,17H,4-6,9-12H2,1H3. The molecule has 0 amide bonds. The number of nitrogens with one attached hydrogen (secondary N) is 1. The van der Waals surface area contributed by atoms with Gasteiger partial charge in [0.1, 0.15) is 0 Å². The highest BCUT2D eigenvalue weighted by atomic mass is 32.2. The average molecular weight is 308 g/mol. The van der Waals surface area contributed by atoms with E-state index >= 15 is 0 Å². The Morgan fingerprint density at radius 3 is 2.67 bits per heavy atom. The molecule has 1 aromatic rings. The highest BCUT2D eigenvalue weighted by Gasteiger charge is 2.32. The van der Waals surface area contributed by atoms with Gasteiger partial charge in [-0.15, -0.1) is 0 Å². The summed E-state index contributed by atoms with van der Waals surface area (Å²) in [7, 11) is -3.38. The maximum Gasteiger partial charge on any atom is 0.243 e. The maximum atomic E-state index is 13.0. The predicted octanol–water partition coefficient (Wildman–Crippen LogP) is 2.50. The van der Waals surface area contributed by atoms with Gasteiger partial charge in [-0.2, -0.15) is 4.31 Å². The van der Waals surface area contributed by atoms with Crippen LogP contribution in [0.2, 0.25) is 0 Å². The van der Waals surface area contributed by atoms with Crippen LogP contribution in [0.25, 0.3) is 0 Å². The Morgan fingerprint density at radius 1 is 1.19 bits per heavy atom. The maximum absolute atomic E-state index is 13.0. The van der Waals surface area contributed by atoms with Crippen LogP contribution < -0.4 is 5.32 Å². The summed E-state index contributed by atoms with van der Waals surface area (Å²) < 4.78 is 27.6. The third kappa shape index (κ3) is 3.30. The Morgan fingerprint density at radius 2 is 1.95 bits per heavy atom.